The highest BCUT2D eigenvalue weighted by molar-refractivity contribution is 5.72. The molecular formula is C8H9FN4. The first-order valence-electron chi connectivity index (χ1n) is 4.03. The minimum atomic E-state index is -0.918. The Hall–Kier alpha value is -1.52. The van der Waals surface area contributed by atoms with Gasteiger partial charge in [-0.25, -0.2) is 19.0 Å². The van der Waals surface area contributed by atoms with Crippen LogP contribution in [0.3, 0.4) is 0 Å². The Labute approximate surface area is 74.4 Å². The molecule has 2 heterocycles. The van der Waals surface area contributed by atoms with Crippen LogP contribution in [0.15, 0.2) is 18.7 Å². The fraction of sp³-hybridized carbons (Fsp3) is 0.375. The van der Waals surface area contributed by atoms with E-state index < -0.39 is 6.17 Å². The smallest absolute Gasteiger partial charge is 0.161 e. The molecular weight excluding hydrogens is 171 g/mol. The van der Waals surface area contributed by atoms with Crippen molar-refractivity contribution in [1.82, 2.24) is 19.7 Å². The number of aromatic nitrogens is 4. The summed E-state index contributed by atoms with van der Waals surface area (Å²) < 4.78 is 14.2. The molecule has 0 fully saturated rings. The monoisotopic (exact) mass is 180 g/mol. The normalized spacial score (nSPS) is 13.4. The second kappa shape index (κ2) is 3.08. The summed E-state index contributed by atoms with van der Waals surface area (Å²) in [5, 5.41) is 4.85. The van der Waals surface area contributed by atoms with E-state index in [0.717, 1.165) is 5.39 Å². The molecule has 4 nitrogen and oxygen atoms in total. The first-order chi connectivity index (χ1) is 6.27. The van der Waals surface area contributed by atoms with Gasteiger partial charge in [0.1, 0.15) is 12.5 Å². The predicted octanol–water partition coefficient (Wildman–Crippen LogP) is 1.18. The van der Waals surface area contributed by atoms with E-state index in [2.05, 4.69) is 15.1 Å². The number of alkyl halides is 1. The lowest BCUT2D eigenvalue weighted by atomic mass is 10.4. The van der Waals surface area contributed by atoms with Crippen LogP contribution in [0.25, 0.3) is 11.0 Å². The molecule has 0 bridgehead atoms. The number of rotatable bonds is 2. The fourth-order valence-electron chi connectivity index (χ4n) is 1.20. The molecule has 1 atom stereocenters. The molecule has 5 heteroatoms. The lowest BCUT2D eigenvalue weighted by Gasteiger charge is -2.02. The van der Waals surface area contributed by atoms with Crippen molar-refractivity contribution in [3.05, 3.63) is 18.7 Å². The van der Waals surface area contributed by atoms with Crippen LogP contribution in [0.1, 0.15) is 6.92 Å². The van der Waals surface area contributed by atoms with Gasteiger partial charge in [-0.15, -0.1) is 0 Å². The van der Waals surface area contributed by atoms with Gasteiger partial charge in [0, 0.05) is 6.20 Å². The van der Waals surface area contributed by atoms with Crippen molar-refractivity contribution in [1.29, 1.82) is 0 Å². The highest BCUT2D eigenvalue weighted by Gasteiger charge is 2.06. The van der Waals surface area contributed by atoms with Crippen molar-refractivity contribution < 1.29 is 4.39 Å². The van der Waals surface area contributed by atoms with Crippen molar-refractivity contribution >= 4 is 11.0 Å². The summed E-state index contributed by atoms with van der Waals surface area (Å²) in [7, 11) is 0. The Balaban J connectivity index is 2.46. The Kier molecular flexibility index (Phi) is 1.92. The van der Waals surface area contributed by atoms with Gasteiger partial charge in [0.05, 0.1) is 18.1 Å². The standard InChI is InChI=1S/C8H9FN4/c1-6(9)4-13-8-7(3-12-13)2-10-5-11-8/h2-3,5-6H,4H2,1H3. The average Bonchev–Trinajstić information content (AvgIpc) is 2.48. The summed E-state index contributed by atoms with van der Waals surface area (Å²) in [6.45, 7) is 1.73. The molecule has 0 amide bonds. The number of hydrogen-bond acceptors (Lipinski definition) is 3. The second-order valence-electron chi connectivity index (χ2n) is 2.91. The molecule has 13 heavy (non-hydrogen) atoms. The number of fused-ring (bicyclic) bond motifs is 1. The Morgan fingerprint density at radius 3 is 3.15 bits per heavy atom. The molecule has 2 aromatic heterocycles. The molecule has 2 rings (SSSR count). The third-order valence-electron chi connectivity index (χ3n) is 1.72. The molecule has 0 aromatic carbocycles. The fourth-order valence-corrected chi connectivity index (χ4v) is 1.20. The SMILES string of the molecule is CC(F)Cn1ncc2cncnc21. The Morgan fingerprint density at radius 1 is 1.54 bits per heavy atom. The van der Waals surface area contributed by atoms with E-state index in [0.29, 0.717) is 5.65 Å². The van der Waals surface area contributed by atoms with E-state index in [1.165, 1.54) is 13.3 Å². The van der Waals surface area contributed by atoms with Gasteiger partial charge in [-0.1, -0.05) is 0 Å². The summed E-state index contributed by atoms with van der Waals surface area (Å²) in [5.74, 6) is 0. The van der Waals surface area contributed by atoms with E-state index in [4.69, 9.17) is 0 Å². The average molecular weight is 180 g/mol. The molecule has 0 spiro atoms. The van der Waals surface area contributed by atoms with E-state index >= 15 is 0 Å². The van der Waals surface area contributed by atoms with Crippen LogP contribution in [-0.4, -0.2) is 25.9 Å². The van der Waals surface area contributed by atoms with Crippen LogP contribution in [-0.2, 0) is 6.54 Å². The van der Waals surface area contributed by atoms with Crippen molar-refractivity contribution in [2.45, 2.75) is 19.6 Å². The van der Waals surface area contributed by atoms with Crippen molar-refractivity contribution in [3.63, 3.8) is 0 Å². The molecule has 2 aromatic rings. The molecule has 1 unspecified atom stereocenters. The molecule has 0 radical (unpaired) electrons. The quantitative estimate of drug-likeness (QED) is 0.697. The number of halogens is 1. The van der Waals surface area contributed by atoms with Gasteiger partial charge in [-0.05, 0) is 6.92 Å². The molecule has 0 N–H and O–H groups in total. The first-order valence-corrected chi connectivity index (χ1v) is 4.03. The second-order valence-corrected chi connectivity index (χ2v) is 2.91. The van der Waals surface area contributed by atoms with E-state index in [-0.39, 0.29) is 6.54 Å². The molecule has 68 valence electrons. The summed E-state index contributed by atoms with van der Waals surface area (Å²) in [6, 6.07) is 0. The number of hydrogen-bond donors (Lipinski definition) is 0. The van der Waals surface area contributed by atoms with Gasteiger partial charge in [0.15, 0.2) is 5.65 Å². The molecule has 0 aliphatic carbocycles. The van der Waals surface area contributed by atoms with Crippen LogP contribution >= 0.6 is 0 Å². The largest absolute Gasteiger partial charge is 0.246 e. The van der Waals surface area contributed by atoms with Gasteiger partial charge in [0.2, 0.25) is 0 Å². The van der Waals surface area contributed by atoms with Crippen LogP contribution in [0, 0.1) is 0 Å². The zero-order valence-electron chi connectivity index (χ0n) is 7.18. The van der Waals surface area contributed by atoms with E-state index in [1.54, 1.807) is 17.1 Å². The lowest BCUT2D eigenvalue weighted by Crippen LogP contribution is -2.09. The highest BCUT2D eigenvalue weighted by atomic mass is 19.1. The molecule has 0 aliphatic heterocycles. The topological polar surface area (TPSA) is 43.6 Å². The maximum atomic E-state index is 12.7. The maximum Gasteiger partial charge on any atom is 0.161 e. The zero-order valence-corrected chi connectivity index (χ0v) is 7.18. The Bertz CT molecular complexity index is 409. The minimum absolute atomic E-state index is 0.237. The summed E-state index contributed by atoms with van der Waals surface area (Å²) in [6.07, 6.45) is 3.81. The summed E-state index contributed by atoms with van der Waals surface area (Å²) >= 11 is 0. The Morgan fingerprint density at radius 2 is 2.38 bits per heavy atom. The van der Waals surface area contributed by atoms with Gasteiger partial charge in [0.25, 0.3) is 0 Å². The third kappa shape index (κ3) is 1.49. The maximum absolute atomic E-state index is 12.7. The van der Waals surface area contributed by atoms with E-state index in [1.807, 2.05) is 0 Å². The van der Waals surface area contributed by atoms with Crippen LogP contribution in [0.4, 0.5) is 4.39 Å². The van der Waals surface area contributed by atoms with E-state index in [9.17, 15) is 4.39 Å². The van der Waals surface area contributed by atoms with Crippen LogP contribution in [0.5, 0.6) is 0 Å². The van der Waals surface area contributed by atoms with Gasteiger partial charge >= 0.3 is 0 Å². The van der Waals surface area contributed by atoms with Crippen molar-refractivity contribution in [3.8, 4) is 0 Å². The molecule has 0 aliphatic rings. The van der Waals surface area contributed by atoms with Crippen molar-refractivity contribution in [2.24, 2.45) is 0 Å². The summed E-state index contributed by atoms with van der Waals surface area (Å²) in [4.78, 5) is 7.86. The van der Waals surface area contributed by atoms with Crippen molar-refractivity contribution in [2.75, 3.05) is 0 Å². The zero-order chi connectivity index (χ0) is 9.26. The molecule has 0 saturated carbocycles. The lowest BCUT2D eigenvalue weighted by molar-refractivity contribution is 0.312. The third-order valence-corrected chi connectivity index (χ3v) is 1.72. The molecule has 0 saturated heterocycles. The minimum Gasteiger partial charge on any atom is -0.246 e. The van der Waals surface area contributed by atoms with Gasteiger partial charge in [-0.2, -0.15) is 5.10 Å². The summed E-state index contributed by atoms with van der Waals surface area (Å²) in [5.41, 5.74) is 0.680. The van der Waals surface area contributed by atoms with Crippen LogP contribution in [0.2, 0.25) is 0 Å². The highest BCUT2D eigenvalue weighted by Crippen LogP contribution is 2.08. The van der Waals surface area contributed by atoms with Gasteiger partial charge < -0.3 is 0 Å². The van der Waals surface area contributed by atoms with Crippen LogP contribution < -0.4 is 0 Å². The van der Waals surface area contributed by atoms with Gasteiger partial charge in [-0.3, -0.25) is 0 Å². The number of nitrogens with zero attached hydrogens (tertiary/aromatic N) is 4. The predicted molar refractivity (Wildman–Crippen MR) is 45.9 cm³/mol. The first kappa shape index (κ1) is 8.10.